The molecule has 1 N–H and O–H groups in total. The van der Waals surface area contributed by atoms with E-state index >= 15 is 0 Å². The Labute approximate surface area is 211 Å². The average Bonchev–Trinajstić information content (AvgIpc) is 3.39. The molecular formula is C26H28F3N3O5. The number of amides is 2. The van der Waals surface area contributed by atoms with Crippen LogP contribution in [-0.4, -0.2) is 46.6 Å². The van der Waals surface area contributed by atoms with Crippen molar-refractivity contribution in [2.75, 3.05) is 13.1 Å². The highest BCUT2D eigenvalue weighted by atomic mass is 19.4. The molecule has 8 nitrogen and oxygen atoms in total. The number of halogens is 3. The third-order valence-corrected chi connectivity index (χ3v) is 5.77. The number of nitrogens with zero attached hydrogens (tertiary/aromatic N) is 2. The topological polar surface area (TPSA) is 93.9 Å². The van der Waals surface area contributed by atoms with Gasteiger partial charge in [0.05, 0.1) is 11.1 Å². The molecule has 0 bridgehead atoms. The number of hydrogen-bond donors (Lipinski definition) is 1. The van der Waals surface area contributed by atoms with E-state index in [0.717, 1.165) is 12.3 Å². The smallest absolute Gasteiger partial charge is 0.417 e. The minimum absolute atomic E-state index is 0.136. The van der Waals surface area contributed by atoms with Gasteiger partial charge in [0.25, 0.3) is 5.91 Å². The minimum Gasteiger partial charge on any atom is -0.489 e. The van der Waals surface area contributed by atoms with Crippen LogP contribution < -0.4 is 10.1 Å². The van der Waals surface area contributed by atoms with Gasteiger partial charge in [0.2, 0.25) is 0 Å². The van der Waals surface area contributed by atoms with Gasteiger partial charge in [-0.05, 0) is 58.4 Å². The van der Waals surface area contributed by atoms with Gasteiger partial charge < -0.3 is 24.1 Å². The van der Waals surface area contributed by atoms with Crippen molar-refractivity contribution in [1.82, 2.24) is 15.2 Å². The van der Waals surface area contributed by atoms with Crippen molar-refractivity contribution in [3.05, 3.63) is 59.1 Å². The predicted octanol–water partition coefficient (Wildman–Crippen LogP) is 5.47. The number of hydrogen-bond acceptors (Lipinski definition) is 6. The first-order valence-electron chi connectivity index (χ1n) is 11.8. The molecule has 0 saturated carbocycles. The number of furan rings is 1. The van der Waals surface area contributed by atoms with Crippen molar-refractivity contribution in [3.8, 4) is 5.75 Å². The fourth-order valence-electron chi connectivity index (χ4n) is 4.09. The molecule has 198 valence electrons. The monoisotopic (exact) mass is 519 g/mol. The van der Waals surface area contributed by atoms with Crippen molar-refractivity contribution >= 4 is 23.0 Å². The van der Waals surface area contributed by atoms with Crippen LogP contribution in [0, 0.1) is 6.92 Å². The van der Waals surface area contributed by atoms with Gasteiger partial charge in [0.1, 0.15) is 29.3 Å². The number of aromatic nitrogens is 1. The van der Waals surface area contributed by atoms with E-state index in [2.05, 4.69) is 10.3 Å². The van der Waals surface area contributed by atoms with Crippen LogP contribution in [0.15, 0.2) is 41.1 Å². The molecule has 4 rings (SSSR count). The van der Waals surface area contributed by atoms with Crippen LogP contribution in [0.4, 0.5) is 18.0 Å². The second-order valence-electron chi connectivity index (χ2n) is 9.94. The first-order chi connectivity index (χ1) is 17.3. The van der Waals surface area contributed by atoms with Crippen LogP contribution in [0.2, 0.25) is 0 Å². The molecule has 1 aliphatic rings. The minimum atomic E-state index is -4.50. The molecule has 3 heterocycles. The number of benzene rings is 1. The highest BCUT2D eigenvalue weighted by Gasteiger charge is 2.32. The molecule has 0 aliphatic carbocycles. The molecular weight excluding hydrogens is 491 g/mol. The SMILES string of the molecule is Cc1oc2ccc(OCc3cncc(C(F)(F)F)c3)cc2c1C(=O)N[C@H]1CCN(C(=O)OC(C)(C)C)C1. The zero-order valence-electron chi connectivity index (χ0n) is 20.9. The molecule has 11 heteroatoms. The van der Waals surface area contributed by atoms with E-state index < -0.39 is 23.4 Å². The summed E-state index contributed by atoms with van der Waals surface area (Å²) in [7, 11) is 0. The molecule has 1 saturated heterocycles. The van der Waals surface area contributed by atoms with Gasteiger partial charge in [-0.15, -0.1) is 0 Å². The zero-order chi connectivity index (χ0) is 27.0. The van der Waals surface area contributed by atoms with Crippen LogP contribution in [0.25, 0.3) is 11.0 Å². The summed E-state index contributed by atoms with van der Waals surface area (Å²) in [5, 5.41) is 3.47. The lowest BCUT2D eigenvalue weighted by atomic mass is 10.1. The number of ether oxygens (including phenoxy) is 2. The summed E-state index contributed by atoms with van der Waals surface area (Å²) in [6.07, 6.45) is -2.28. The number of pyridine rings is 1. The van der Waals surface area contributed by atoms with E-state index in [0.29, 0.717) is 47.6 Å². The molecule has 2 amide bonds. The summed E-state index contributed by atoms with van der Waals surface area (Å²) in [6.45, 7) is 7.71. The lowest BCUT2D eigenvalue weighted by molar-refractivity contribution is -0.137. The van der Waals surface area contributed by atoms with E-state index in [-0.39, 0.29) is 24.1 Å². The normalized spacial score (nSPS) is 16.2. The van der Waals surface area contributed by atoms with E-state index in [1.165, 1.54) is 6.20 Å². The Balaban J connectivity index is 1.45. The van der Waals surface area contributed by atoms with Crippen molar-refractivity contribution < 1.29 is 36.7 Å². The van der Waals surface area contributed by atoms with Gasteiger partial charge in [0, 0.05) is 42.5 Å². The number of fused-ring (bicyclic) bond motifs is 1. The molecule has 3 aromatic rings. The van der Waals surface area contributed by atoms with Crippen molar-refractivity contribution in [2.24, 2.45) is 0 Å². The highest BCUT2D eigenvalue weighted by molar-refractivity contribution is 6.07. The lowest BCUT2D eigenvalue weighted by Gasteiger charge is -2.24. The van der Waals surface area contributed by atoms with E-state index in [1.807, 2.05) is 0 Å². The maximum Gasteiger partial charge on any atom is 0.417 e. The number of rotatable bonds is 5. The average molecular weight is 520 g/mol. The van der Waals surface area contributed by atoms with Gasteiger partial charge in [-0.3, -0.25) is 9.78 Å². The van der Waals surface area contributed by atoms with Gasteiger partial charge in [-0.2, -0.15) is 13.2 Å². The molecule has 1 aromatic carbocycles. The number of aryl methyl sites for hydroxylation is 1. The third kappa shape index (κ3) is 6.33. The summed E-state index contributed by atoms with van der Waals surface area (Å²) in [4.78, 5) is 30.7. The summed E-state index contributed by atoms with van der Waals surface area (Å²) in [6, 6.07) is 5.59. The predicted molar refractivity (Wildman–Crippen MR) is 128 cm³/mol. The Morgan fingerprint density at radius 1 is 1.19 bits per heavy atom. The highest BCUT2D eigenvalue weighted by Crippen LogP contribution is 2.31. The van der Waals surface area contributed by atoms with Crippen LogP contribution in [0.3, 0.4) is 0 Å². The van der Waals surface area contributed by atoms with Crippen LogP contribution >= 0.6 is 0 Å². The Morgan fingerprint density at radius 2 is 1.95 bits per heavy atom. The van der Waals surface area contributed by atoms with Crippen LogP contribution in [-0.2, 0) is 17.5 Å². The first kappa shape index (κ1) is 26.3. The number of carbonyl (C=O) groups excluding carboxylic acids is 2. The molecule has 0 spiro atoms. The molecule has 1 fully saturated rings. The number of likely N-dealkylation sites (tertiary alicyclic amines) is 1. The summed E-state index contributed by atoms with van der Waals surface area (Å²) >= 11 is 0. The molecule has 2 aromatic heterocycles. The van der Waals surface area contributed by atoms with Gasteiger partial charge in [-0.25, -0.2) is 4.79 Å². The third-order valence-electron chi connectivity index (χ3n) is 5.77. The Hall–Kier alpha value is -3.76. The molecule has 0 radical (unpaired) electrons. The number of carbonyl (C=O) groups is 2. The van der Waals surface area contributed by atoms with Crippen LogP contribution in [0.5, 0.6) is 5.75 Å². The van der Waals surface area contributed by atoms with E-state index in [1.54, 1.807) is 50.8 Å². The number of nitrogens with one attached hydrogen (secondary N) is 1. The lowest BCUT2D eigenvalue weighted by Crippen LogP contribution is -2.40. The standard InChI is InChI=1S/C26H28F3N3O5/c1-15-22(23(33)31-18-7-8-32(13-18)24(34)37-25(2,3)4)20-10-19(5-6-21(20)36-15)35-14-16-9-17(12-30-11-16)26(27,28)29/h5-6,9-12,18H,7-8,13-14H2,1-4H3,(H,31,33)/t18-/m0/s1. The van der Waals surface area contributed by atoms with Gasteiger partial charge in [0.15, 0.2) is 0 Å². The van der Waals surface area contributed by atoms with Gasteiger partial charge >= 0.3 is 12.3 Å². The maximum atomic E-state index is 13.2. The molecule has 0 unspecified atom stereocenters. The number of alkyl halides is 3. The van der Waals surface area contributed by atoms with Gasteiger partial charge in [-0.1, -0.05) is 0 Å². The Bertz CT molecular complexity index is 1310. The molecule has 1 atom stereocenters. The fraction of sp³-hybridized carbons (Fsp3) is 0.423. The fourth-order valence-corrected chi connectivity index (χ4v) is 4.09. The Kier molecular flexibility index (Phi) is 7.07. The van der Waals surface area contributed by atoms with Crippen molar-refractivity contribution in [1.29, 1.82) is 0 Å². The second-order valence-corrected chi connectivity index (χ2v) is 9.94. The second kappa shape index (κ2) is 9.95. The van der Waals surface area contributed by atoms with Crippen molar-refractivity contribution in [3.63, 3.8) is 0 Å². The van der Waals surface area contributed by atoms with Crippen molar-refractivity contribution in [2.45, 2.75) is 58.5 Å². The summed E-state index contributed by atoms with van der Waals surface area (Å²) < 4.78 is 55.7. The van der Waals surface area contributed by atoms with E-state index in [9.17, 15) is 22.8 Å². The summed E-state index contributed by atoms with van der Waals surface area (Å²) in [5.41, 5.74) is -0.407. The first-order valence-corrected chi connectivity index (χ1v) is 11.8. The quantitative estimate of drug-likeness (QED) is 0.480. The van der Waals surface area contributed by atoms with E-state index in [4.69, 9.17) is 13.9 Å². The summed E-state index contributed by atoms with van der Waals surface area (Å²) in [5.74, 6) is 0.414. The Morgan fingerprint density at radius 3 is 2.65 bits per heavy atom. The molecule has 37 heavy (non-hydrogen) atoms. The van der Waals surface area contributed by atoms with Crippen LogP contribution in [0.1, 0.15) is 54.4 Å². The largest absolute Gasteiger partial charge is 0.489 e. The zero-order valence-corrected chi connectivity index (χ0v) is 20.9. The maximum absolute atomic E-state index is 13.2. The molecule has 1 aliphatic heterocycles.